The topological polar surface area (TPSA) is 135 Å². The molecule has 1 aliphatic rings. The van der Waals surface area contributed by atoms with E-state index in [1.165, 1.54) is 0 Å². The lowest BCUT2D eigenvalue weighted by Crippen LogP contribution is -2.15. The van der Waals surface area contributed by atoms with Crippen molar-refractivity contribution in [1.82, 2.24) is 19.5 Å². The van der Waals surface area contributed by atoms with Crippen molar-refractivity contribution in [3.05, 3.63) is 6.33 Å². The molecule has 0 radical (unpaired) electrons. The number of nitrogens with two attached hydrogens (primary N) is 1. The summed E-state index contributed by atoms with van der Waals surface area (Å²) in [6.07, 6.45) is 2.65. The van der Waals surface area contributed by atoms with Crippen molar-refractivity contribution >= 4 is 25.4 Å². The number of rotatable bonds is 7. The zero-order valence-electron chi connectivity index (χ0n) is 14.0. The van der Waals surface area contributed by atoms with E-state index in [2.05, 4.69) is 21.9 Å². The van der Waals surface area contributed by atoms with Gasteiger partial charge in [0.15, 0.2) is 11.2 Å². The lowest BCUT2D eigenvalue weighted by atomic mass is 10.0. The van der Waals surface area contributed by atoms with Crippen LogP contribution in [0.25, 0.3) is 11.2 Å². The molecule has 11 heteroatoms. The number of aromatic nitrogens is 4. The molecule has 0 amide bonds. The molecule has 4 atom stereocenters. The minimum absolute atomic E-state index is 0.0713. The molecule has 1 fully saturated rings. The first-order valence-electron chi connectivity index (χ1n) is 8.07. The van der Waals surface area contributed by atoms with Crippen molar-refractivity contribution in [2.24, 2.45) is 5.92 Å². The molecule has 3 rings (SSSR count). The highest BCUT2D eigenvalue weighted by Gasteiger charge is 2.35. The lowest BCUT2D eigenvalue weighted by molar-refractivity contribution is -0.0153. The molecular formula is C14H21N5O5P+. The number of hydrogen-bond acceptors (Lipinski definition) is 8. The Bertz CT molecular complexity index is 769. The Hall–Kier alpha value is -1.87. The van der Waals surface area contributed by atoms with Gasteiger partial charge < -0.3 is 15.2 Å². The van der Waals surface area contributed by atoms with Crippen LogP contribution >= 0.6 is 8.25 Å². The smallest absolute Gasteiger partial charge is 0.476 e. The maximum absolute atomic E-state index is 10.6. The molecule has 1 saturated heterocycles. The molecule has 3 N–H and O–H groups in total. The Morgan fingerprint density at radius 2 is 2.32 bits per heavy atom. The Kier molecular flexibility index (Phi) is 5.43. The largest absolute Gasteiger partial charge is 0.694 e. The molecule has 1 aliphatic heterocycles. The number of fused-ring (bicyclic) bond motifs is 1. The number of imidazole rings is 1. The summed E-state index contributed by atoms with van der Waals surface area (Å²) in [5, 5.41) is 0. The zero-order valence-corrected chi connectivity index (χ0v) is 14.9. The zero-order chi connectivity index (χ0) is 18.0. The molecule has 2 aromatic rings. The van der Waals surface area contributed by atoms with E-state index < -0.39 is 8.25 Å². The summed E-state index contributed by atoms with van der Waals surface area (Å²) in [5.74, 6) is 0.670. The van der Waals surface area contributed by atoms with Crippen LogP contribution in [0.5, 0.6) is 5.88 Å². The van der Waals surface area contributed by atoms with Crippen LogP contribution in [0, 0.1) is 5.92 Å². The van der Waals surface area contributed by atoms with Gasteiger partial charge in [0.2, 0.25) is 11.8 Å². The standard InChI is InChI=1S/C14H20N5O5P/c1-3-22-12-10-11(17-14(15)18-12)19(7-16-10)13-8(2)6-9(24-13)4-5-23-25(20)21/h7-9,13H,3-6H2,1-2H3,(H2-,15,17,18,20,21)/p+1. The minimum Gasteiger partial charge on any atom is -0.476 e. The van der Waals surface area contributed by atoms with Crippen LogP contribution in [0.3, 0.4) is 0 Å². The third kappa shape index (κ3) is 3.87. The molecule has 2 aromatic heterocycles. The number of anilines is 1. The van der Waals surface area contributed by atoms with E-state index >= 15 is 0 Å². The van der Waals surface area contributed by atoms with Gasteiger partial charge in [-0.2, -0.15) is 9.97 Å². The third-order valence-corrected chi connectivity index (χ3v) is 4.46. The summed E-state index contributed by atoms with van der Waals surface area (Å²) in [6, 6.07) is 0. The molecule has 0 spiro atoms. The van der Waals surface area contributed by atoms with Crippen molar-refractivity contribution < 1.29 is 23.5 Å². The predicted octanol–water partition coefficient (Wildman–Crippen LogP) is 1.79. The van der Waals surface area contributed by atoms with Crippen molar-refractivity contribution in [2.45, 2.75) is 39.0 Å². The van der Waals surface area contributed by atoms with Gasteiger partial charge in [-0.15, -0.1) is 9.42 Å². The maximum atomic E-state index is 10.6. The number of ether oxygens (including phenoxy) is 2. The van der Waals surface area contributed by atoms with Gasteiger partial charge in [-0.25, -0.2) is 4.98 Å². The average molecular weight is 370 g/mol. The Labute approximate surface area is 145 Å². The van der Waals surface area contributed by atoms with Crippen LogP contribution in [-0.2, 0) is 13.8 Å². The first-order valence-corrected chi connectivity index (χ1v) is 9.20. The molecule has 0 bridgehead atoms. The summed E-state index contributed by atoms with van der Waals surface area (Å²) in [5.41, 5.74) is 6.88. The fourth-order valence-electron chi connectivity index (χ4n) is 3.04. The van der Waals surface area contributed by atoms with Gasteiger partial charge >= 0.3 is 8.25 Å². The van der Waals surface area contributed by atoms with Gasteiger partial charge in [-0.3, -0.25) is 4.57 Å². The average Bonchev–Trinajstić information content (AvgIpc) is 3.10. The van der Waals surface area contributed by atoms with Crippen LogP contribution in [0.4, 0.5) is 5.95 Å². The van der Waals surface area contributed by atoms with Crippen LogP contribution in [0.15, 0.2) is 6.33 Å². The Morgan fingerprint density at radius 3 is 3.04 bits per heavy atom. The SMILES string of the molecule is CCOc1nc(N)nc2c1ncn2C1OC(CCO[P+](=O)O)CC1C. The van der Waals surface area contributed by atoms with E-state index in [9.17, 15) is 4.57 Å². The van der Waals surface area contributed by atoms with Crippen molar-refractivity contribution in [3.8, 4) is 5.88 Å². The Morgan fingerprint density at radius 1 is 1.52 bits per heavy atom. The molecule has 0 aliphatic carbocycles. The predicted molar refractivity (Wildman–Crippen MR) is 89.0 cm³/mol. The number of hydrogen-bond donors (Lipinski definition) is 2. The van der Waals surface area contributed by atoms with Crippen molar-refractivity contribution in [3.63, 3.8) is 0 Å². The molecular weight excluding hydrogens is 349 g/mol. The van der Waals surface area contributed by atoms with E-state index in [1.807, 2.05) is 11.5 Å². The van der Waals surface area contributed by atoms with Crippen molar-refractivity contribution in [2.75, 3.05) is 18.9 Å². The second-order valence-electron chi connectivity index (χ2n) is 5.87. The van der Waals surface area contributed by atoms with Crippen LogP contribution in [0.2, 0.25) is 0 Å². The lowest BCUT2D eigenvalue weighted by Gasteiger charge is -2.17. The van der Waals surface area contributed by atoms with E-state index in [0.717, 1.165) is 6.42 Å². The summed E-state index contributed by atoms with van der Waals surface area (Å²) in [4.78, 5) is 21.4. The quantitative estimate of drug-likeness (QED) is 0.699. The second kappa shape index (κ2) is 7.57. The molecule has 0 saturated carbocycles. The highest BCUT2D eigenvalue weighted by Crippen LogP contribution is 2.38. The Balaban J connectivity index is 1.80. The first-order chi connectivity index (χ1) is 12.0. The highest BCUT2D eigenvalue weighted by molar-refractivity contribution is 7.32. The summed E-state index contributed by atoms with van der Waals surface area (Å²) in [6.45, 7) is 4.54. The van der Waals surface area contributed by atoms with Gasteiger partial charge in [0.1, 0.15) is 12.8 Å². The monoisotopic (exact) mass is 370 g/mol. The van der Waals surface area contributed by atoms with Crippen LogP contribution in [0.1, 0.15) is 32.9 Å². The van der Waals surface area contributed by atoms with E-state index in [-0.39, 0.29) is 30.8 Å². The van der Waals surface area contributed by atoms with Crippen LogP contribution in [-0.4, -0.2) is 43.7 Å². The van der Waals surface area contributed by atoms with E-state index in [4.69, 9.17) is 24.6 Å². The molecule has 25 heavy (non-hydrogen) atoms. The van der Waals surface area contributed by atoms with Gasteiger partial charge in [-0.1, -0.05) is 6.92 Å². The number of nitrogens with zero attached hydrogens (tertiary/aromatic N) is 4. The maximum Gasteiger partial charge on any atom is 0.694 e. The van der Waals surface area contributed by atoms with Gasteiger partial charge in [0.25, 0.3) is 0 Å². The summed E-state index contributed by atoms with van der Waals surface area (Å²) < 4.78 is 28.7. The molecule has 4 unspecified atom stereocenters. The van der Waals surface area contributed by atoms with E-state index in [0.29, 0.717) is 30.1 Å². The molecule has 3 heterocycles. The van der Waals surface area contributed by atoms with Gasteiger partial charge in [0.05, 0.1) is 19.0 Å². The van der Waals surface area contributed by atoms with Crippen LogP contribution < -0.4 is 10.5 Å². The molecule has 10 nitrogen and oxygen atoms in total. The van der Waals surface area contributed by atoms with Crippen molar-refractivity contribution in [1.29, 1.82) is 0 Å². The molecule has 0 aromatic carbocycles. The fourth-order valence-corrected chi connectivity index (χ4v) is 3.30. The summed E-state index contributed by atoms with van der Waals surface area (Å²) in [7, 11) is -2.58. The minimum atomic E-state index is -2.58. The van der Waals surface area contributed by atoms with Gasteiger partial charge in [-0.05, 0) is 13.3 Å². The van der Waals surface area contributed by atoms with E-state index in [1.54, 1.807) is 6.33 Å². The fraction of sp³-hybridized carbons (Fsp3) is 0.643. The van der Waals surface area contributed by atoms with Gasteiger partial charge in [0, 0.05) is 16.9 Å². The number of nitrogen functional groups attached to an aromatic ring is 1. The molecule has 136 valence electrons. The summed E-state index contributed by atoms with van der Waals surface area (Å²) >= 11 is 0. The third-order valence-electron chi connectivity index (χ3n) is 4.06. The normalized spacial score (nSPS) is 24.0. The second-order valence-corrected chi connectivity index (χ2v) is 6.60. The first kappa shape index (κ1) is 17.9. The highest BCUT2D eigenvalue weighted by atomic mass is 31.1.